The smallest absolute Gasteiger partial charge is 0.252 e. The van der Waals surface area contributed by atoms with Crippen LogP contribution < -0.4 is 5.32 Å². The molecule has 4 rings (SSSR count). The Kier molecular flexibility index (Phi) is 5.29. The molecule has 7 nitrogen and oxygen atoms in total. The molecule has 148 valence electrons. The van der Waals surface area contributed by atoms with Crippen LogP contribution in [-0.4, -0.2) is 30.5 Å². The molecule has 1 aromatic carbocycles. The summed E-state index contributed by atoms with van der Waals surface area (Å²) >= 11 is 7.42. The fraction of sp³-hybridized carbons (Fsp3) is 0.250. The Morgan fingerprint density at radius 3 is 2.69 bits per heavy atom. The summed E-state index contributed by atoms with van der Waals surface area (Å²) in [5.41, 5.74) is 4.66. The number of thiazole rings is 1. The lowest BCUT2D eigenvalue weighted by molar-refractivity contribution is -0.116. The summed E-state index contributed by atoms with van der Waals surface area (Å²) in [5, 5.41) is 8.37. The number of carbonyl (C=O) groups excluding carboxylic acids is 1. The number of amides is 1. The molecule has 0 spiro atoms. The third-order valence-corrected chi connectivity index (χ3v) is 5.89. The molecule has 3 heterocycles. The van der Waals surface area contributed by atoms with Crippen molar-refractivity contribution < 1.29 is 4.79 Å². The fourth-order valence-corrected chi connectivity index (χ4v) is 4.24. The summed E-state index contributed by atoms with van der Waals surface area (Å²) in [5.74, 6) is 0.486. The summed E-state index contributed by atoms with van der Waals surface area (Å²) in [7, 11) is 0. The third-order valence-electron chi connectivity index (χ3n) is 4.75. The van der Waals surface area contributed by atoms with Gasteiger partial charge in [-0.15, -0.1) is 11.3 Å². The number of nitrogens with zero attached hydrogens (tertiary/aromatic N) is 5. The van der Waals surface area contributed by atoms with E-state index in [-0.39, 0.29) is 5.91 Å². The number of halogens is 1. The molecule has 9 heteroatoms. The van der Waals surface area contributed by atoms with Crippen molar-refractivity contribution in [1.82, 2.24) is 24.6 Å². The predicted octanol–water partition coefficient (Wildman–Crippen LogP) is 4.40. The Balaban J connectivity index is 1.46. The highest BCUT2D eigenvalue weighted by molar-refractivity contribution is 7.16. The molecule has 1 N–H and O–H groups in total. The lowest BCUT2D eigenvalue weighted by Gasteiger charge is -2.10. The van der Waals surface area contributed by atoms with Gasteiger partial charge >= 0.3 is 0 Å². The molecule has 3 aromatic heterocycles. The van der Waals surface area contributed by atoms with Crippen molar-refractivity contribution in [1.29, 1.82) is 0 Å². The van der Waals surface area contributed by atoms with Crippen LogP contribution in [0.25, 0.3) is 17.0 Å². The van der Waals surface area contributed by atoms with Gasteiger partial charge in [0, 0.05) is 33.3 Å². The summed E-state index contributed by atoms with van der Waals surface area (Å²) in [6.45, 7) is 5.88. The maximum atomic E-state index is 12.5. The normalized spacial score (nSPS) is 11.2. The van der Waals surface area contributed by atoms with E-state index in [1.165, 1.54) is 17.7 Å². The van der Waals surface area contributed by atoms with Gasteiger partial charge in [-0.1, -0.05) is 23.7 Å². The van der Waals surface area contributed by atoms with Crippen LogP contribution in [0.4, 0.5) is 5.13 Å². The summed E-state index contributed by atoms with van der Waals surface area (Å²) in [6.07, 6.45) is 2.38. The van der Waals surface area contributed by atoms with Crippen LogP contribution >= 0.6 is 22.9 Å². The first-order valence-corrected chi connectivity index (χ1v) is 10.3. The van der Waals surface area contributed by atoms with E-state index in [4.69, 9.17) is 11.6 Å². The molecule has 4 aromatic rings. The van der Waals surface area contributed by atoms with Gasteiger partial charge in [0.05, 0.1) is 5.69 Å². The van der Waals surface area contributed by atoms with Crippen molar-refractivity contribution in [3.63, 3.8) is 0 Å². The van der Waals surface area contributed by atoms with E-state index >= 15 is 0 Å². The summed E-state index contributed by atoms with van der Waals surface area (Å²) in [4.78, 5) is 26.7. The zero-order valence-corrected chi connectivity index (χ0v) is 17.8. The topological polar surface area (TPSA) is 85.1 Å². The second-order valence-electron chi connectivity index (χ2n) is 6.71. The number of aryl methyl sites for hydroxylation is 3. The predicted molar refractivity (Wildman–Crippen MR) is 115 cm³/mol. The Bertz CT molecular complexity index is 1200. The van der Waals surface area contributed by atoms with Crippen molar-refractivity contribution in [2.24, 2.45) is 0 Å². The molecule has 0 radical (unpaired) electrons. The zero-order valence-electron chi connectivity index (χ0n) is 16.2. The van der Waals surface area contributed by atoms with Gasteiger partial charge in [-0.2, -0.15) is 10.1 Å². The van der Waals surface area contributed by atoms with Crippen molar-refractivity contribution in [3.8, 4) is 11.3 Å². The van der Waals surface area contributed by atoms with E-state index in [1.54, 1.807) is 4.52 Å². The van der Waals surface area contributed by atoms with E-state index in [2.05, 4.69) is 25.4 Å². The molecular weight excluding hydrogens is 408 g/mol. The molecule has 0 aliphatic heterocycles. The van der Waals surface area contributed by atoms with E-state index in [1.807, 2.05) is 45.0 Å². The maximum absolute atomic E-state index is 12.5. The second kappa shape index (κ2) is 7.88. The minimum absolute atomic E-state index is 0.0844. The van der Waals surface area contributed by atoms with Gasteiger partial charge in [-0.25, -0.2) is 14.5 Å². The number of rotatable bonds is 5. The SMILES string of the molecule is Cc1nc2ncnn2c(C)c1CCC(=O)Nc1nc(-c2ccc(Cl)cc2)c(C)s1. The molecule has 0 bridgehead atoms. The summed E-state index contributed by atoms with van der Waals surface area (Å²) in [6, 6.07) is 7.51. The van der Waals surface area contributed by atoms with Gasteiger partial charge in [0.25, 0.3) is 5.78 Å². The minimum Gasteiger partial charge on any atom is -0.302 e. The number of hydrogen-bond donors (Lipinski definition) is 1. The van der Waals surface area contributed by atoms with E-state index < -0.39 is 0 Å². The Hall–Kier alpha value is -2.84. The fourth-order valence-electron chi connectivity index (χ4n) is 3.26. The monoisotopic (exact) mass is 426 g/mol. The number of hydrogen-bond acceptors (Lipinski definition) is 6. The first-order valence-electron chi connectivity index (χ1n) is 9.11. The first-order chi connectivity index (χ1) is 13.9. The van der Waals surface area contributed by atoms with Crippen molar-refractivity contribution in [2.75, 3.05) is 5.32 Å². The molecule has 0 aliphatic carbocycles. The zero-order chi connectivity index (χ0) is 20.5. The van der Waals surface area contributed by atoms with Crippen molar-refractivity contribution in [2.45, 2.75) is 33.6 Å². The molecule has 1 amide bonds. The van der Waals surface area contributed by atoms with Crippen molar-refractivity contribution >= 4 is 39.8 Å². The van der Waals surface area contributed by atoms with Crippen LogP contribution in [0.3, 0.4) is 0 Å². The van der Waals surface area contributed by atoms with Crippen LogP contribution in [0.15, 0.2) is 30.6 Å². The average Bonchev–Trinajstić information content (AvgIpc) is 3.28. The van der Waals surface area contributed by atoms with Gasteiger partial charge in [-0.05, 0) is 44.9 Å². The van der Waals surface area contributed by atoms with E-state index in [9.17, 15) is 4.79 Å². The number of carbonyl (C=O) groups is 1. The van der Waals surface area contributed by atoms with E-state index in [0.29, 0.717) is 28.8 Å². The maximum Gasteiger partial charge on any atom is 0.252 e. The molecule has 0 aliphatic rings. The van der Waals surface area contributed by atoms with Crippen LogP contribution in [-0.2, 0) is 11.2 Å². The summed E-state index contributed by atoms with van der Waals surface area (Å²) < 4.78 is 1.70. The largest absolute Gasteiger partial charge is 0.302 e. The number of benzene rings is 1. The minimum atomic E-state index is -0.0844. The molecule has 0 atom stereocenters. The molecular formula is C20H19ClN6OS. The van der Waals surface area contributed by atoms with Gasteiger partial charge < -0.3 is 5.32 Å². The van der Waals surface area contributed by atoms with Gasteiger partial charge in [-0.3, -0.25) is 4.79 Å². The number of nitrogens with one attached hydrogen (secondary N) is 1. The van der Waals surface area contributed by atoms with Crippen LogP contribution in [0, 0.1) is 20.8 Å². The van der Waals surface area contributed by atoms with Gasteiger partial charge in [0.2, 0.25) is 5.91 Å². The molecule has 0 unspecified atom stereocenters. The highest BCUT2D eigenvalue weighted by atomic mass is 35.5. The Labute approximate surface area is 176 Å². The molecule has 0 fully saturated rings. The molecule has 29 heavy (non-hydrogen) atoms. The van der Waals surface area contributed by atoms with Gasteiger partial charge in [0.15, 0.2) is 5.13 Å². The highest BCUT2D eigenvalue weighted by Crippen LogP contribution is 2.31. The quantitative estimate of drug-likeness (QED) is 0.511. The molecule has 0 saturated carbocycles. The Morgan fingerprint density at radius 2 is 1.93 bits per heavy atom. The van der Waals surface area contributed by atoms with E-state index in [0.717, 1.165) is 33.1 Å². The van der Waals surface area contributed by atoms with Crippen LogP contribution in [0.1, 0.15) is 28.2 Å². The van der Waals surface area contributed by atoms with Crippen LogP contribution in [0.2, 0.25) is 5.02 Å². The number of anilines is 1. The second-order valence-corrected chi connectivity index (χ2v) is 8.35. The number of aromatic nitrogens is 5. The number of fused-ring (bicyclic) bond motifs is 1. The lowest BCUT2D eigenvalue weighted by Crippen LogP contribution is -2.14. The first kappa shape index (κ1) is 19.5. The lowest BCUT2D eigenvalue weighted by atomic mass is 10.1. The van der Waals surface area contributed by atoms with Crippen LogP contribution in [0.5, 0.6) is 0 Å². The van der Waals surface area contributed by atoms with Gasteiger partial charge in [0.1, 0.15) is 6.33 Å². The highest BCUT2D eigenvalue weighted by Gasteiger charge is 2.15. The molecule has 0 saturated heterocycles. The third kappa shape index (κ3) is 3.99. The standard InChI is InChI=1S/C20H19ClN6OS/c1-11-16(12(2)27-19(24-11)22-10-23-27)8-9-17(28)25-20-26-18(13(3)29-20)14-4-6-15(21)7-5-14/h4-7,10H,8-9H2,1-3H3,(H,25,26,28). The van der Waals surface area contributed by atoms with Crippen molar-refractivity contribution in [3.05, 3.63) is 57.4 Å². The Morgan fingerprint density at radius 1 is 1.17 bits per heavy atom. The average molecular weight is 427 g/mol.